The van der Waals surface area contributed by atoms with E-state index in [2.05, 4.69) is 26.0 Å². The van der Waals surface area contributed by atoms with Gasteiger partial charge in [0.25, 0.3) is 0 Å². The summed E-state index contributed by atoms with van der Waals surface area (Å²) in [5, 5.41) is 0. The minimum atomic E-state index is 0.584. The molecule has 0 aromatic carbocycles. The van der Waals surface area contributed by atoms with Gasteiger partial charge in [-0.25, -0.2) is 0 Å². The van der Waals surface area contributed by atoms with Crippen LogP contribution in [0.25, 0.3) is 0 Å². The Morgan fingerprint density at radius 2 is 1.50 bits per heavy atom. The maximum absolute atomic E-state index is 6.10. The highest BCUT2D eigenvalue weighted by molar-refractivity contribution is 4.83. The van der Waals surface area contributed by atoms with Crippen LogP contribution in [0.4, 0.5) is 0 Å². The van der Waals surface area contributed by atoms with Gasteiger partial charge in [0.15, 0.2) is 0 Å². The highest BCUT2D eigenvalue weighted by Crippen LogP contribution is 2.41. The van der Waals surface area contributed by atoms with E-state index in [1.165, 1.54) is 89.9 Å². The summed E-state index contributed by atoms with van der Waals surface area (Å²) >= 11 is 0. The van der Waals surface area contributed by atoms with E-state index in [9.17, 15) is 0 Å². The van der Waals surface area contributed by atoms with E-state index >= 15 is 0 Å². The van der Waals surface area contributed by atoms with Crippen molar-refractivity contribution < 1.29 is 4.74 Å². The van der Waals surface area contributed by atoms with E-state index < -0.39 is 0 Å². The number of allylic oxidation sites excluding steroid dienone is 2. The molecule has 0 radical (unpaired) electrons. The van der Waals surface area contributed by atoms with Gasteiger partial charge in [-0.3, -0.25) is 0 Å². The molecule has 2 aliphatic rings. The molecule has 1 heteroatoms. The van der Waals surface area contributed by atoms with Gasteiger partial charge in [0.1, 0.15) is 0 Å². The van der Waals surface area contributed by atoms with Gasteiger partial charge in [0.2, 0.25) is 0 Å². The van der Waals surface area contributed by atoms with Crippen molar-refractivity contribution in [2.75, 3.05) is 6.61 Å². The van der Waals surface area contributed by atoms with Crippen LogP contribution in [-0.4, -0.2) is 12.7 Å². The second-order valence-electron chi connectivity index (χ2n) is 8.40. The van der Waals surface area contributed by atoms with Crippen molar-refractivity contribution in [3.05, 3.63) is 12.2 Å². The molecule has 140 valence electrons. The van der Waals surface area contributed by atoms with Crippen LogP contribution in [0.1, 0.15) is 104 Å². The van der Waals surface area contributed by atoms with E-state index in [1.54, 1.807) is 0 Å². The van der Waals surface area contributed by atoms with Crippen LogP contribution in [0.3, 0.4) is 0 Å². The summed E-state index contributed by atoms with van der Waals surface area (Å²) in [6.45, 7) is 5.40. The molecule has 24 heavy (non-hydrogen) atoms. The fourth-order valence-corrected chi connectivity index (χ4v) is 4.97. The second kappa shape index (κ2) is 12.1. The molecule has 0 bridgehead atoms. The molecule has 2 saturated carbocycles. The van der Waals surface area contributed by atoms with Crippen molar-refractivity contribution in [2.45, 2.75) is 110 Å². The van der Waals surface area contributed by atoms with Gasteiger partial charge in [-0.15, -0.1) is 0 Å². The second-order valence-corrected chi connectivity index (χ2v) is 8.40. The first kappa shape index (κ1) is 20.0. The number of rotatable bonds is 10. The van der Waals surface area contributed by atoms with Crippen LogP contribution in [0.5, 0.6) is 0 Å². The Labute approximate surface area is 151 Å². The molecule has 1 nitrogen and oxygen atoms in total. The van der Waals surface area contributed by atoms with E-state index in [4.69, 9.17) is 4.74 Å². The lowest BCUT2D eigenvalue weighted by molar-refractivity contribution is 0.00540. The number of hydrogen-bond donors (Lipinski definition) is 0. The minimum Gasteiger partial charge on any atom is -0.378 e. The first-order valence-electron chi connectivity index (χ1n) is 11.1. The van der Waals surface area contributed by atoms with E-state index in [1.807, 2.05) is 0 Å². The average molecular weight is 335 g/mol. The smallest absolute Gasteiger partial charge is 0.0575 e. The molecule has 2 fully saturated rings. The molecule has 0 saturated heterocycles. The van der Waals surface area contributed by atoms with E-state index in [-0.39, 0.29) is 0 Å². The van der Waals surface area contributed by atoms with Crippen molar-refractivity contribution in [3.8, 4) is 0 Å². The van der Waals surface area contributed by atoms with Gasteiger partial charge in [-0.2, -0.15) is 0 Å². The summed E-state index contributed by atoms with van der Waals surface area (Å²) in [4.78, 5) is 0. The highest BCUT2D eigenvalue weighted by atomic mass is 16.5. The Balaban J connectivity index is 1.55. The summed E-state index contributed by atoms with van der Waals surface area (Å²) in [7, 11) is 0. The Morgan fingerprint density at radius 3 is 2.12 bits per heavy atom. The molecule has 2 rings (SSSR count). The van der Waals surface area contributed by atoms with Crippen LogP contribution in [0, 0.1) is 17.8 Å². The third kappa shape index (κ3) is 7.30. The average Bonchev–Trinajstić information content (AvgIpc) is 2.64. The van der Waals surface area contributed by atoms with Crippen molar-refractivity contribution in [2.24, 2.45) is 17.8 Å². The predicted octanol–water partition coefficient (Wildman–Crippen LogP) is 7.30. The largest absolute Gasteiger partial charge is 0.378 e. The zero-order valence-electron chi connectivity index (χ0n) is 16.5. The quantitative estimate of drug-likeness (QED) is 0.301. The lowest BCUT2D eigenvalue weighted by atomic mass is 9.70. The zero-order valence-corrected chi connectivity index (χ0v) is 16.5. The van der Waals surface area contributed by atoms with Gasteiger partial charge in [0.05, 0.1) is 6.10 Å². The molecule has 0 amide bonds. The van der Waals surface area contributed by atoms with Crippen molar-refractivity contribution >= 4 is 0 Å². The molecule has 0 unspecified atom stereocenters. The van der Waals surface area contributed by atoms with Gasteiger partial charge in [-0.1, -0.05) is 51.2 Å². The van der Waals surface area contributed by atoms with Gasteiger partial charge >= 0.3 is 0 Å². The summed E-state index contributed by atoms with van der Waals surface area (Å²) < 4.78 is 6.10. The summed E-state index contributed by atoms with van der Waals surface area (Å²) in [6.07, 6.45) is 24.7. The Morgan fingerprint density at radius 1 is 0.833 bits per heavy atom. The highest BCUT2D eigenvalue weighted by Gasteiger charge is 2.30. The van der Waals surface area contributed by atoms with Crippen molar-refractivity contribution in [1.82, 2.24) is 0 Å². The standard InChI is InChI=1S/C23H42O/c1-3-5-7-8-10-20-11-13-21(14-12-20)22-15-17-23(18-16-22)24-19-9-6-4-2/h3,5,20-23H,4,6-19H2,1-2H3/b5-3-. The number of unbranched alkanes of at least 4 members (excludes halogenated alkanes) is 3. The molecule has 2 aliphatic carbocycles. The van der Waals surface area contributed by atoms with Gasteiger partial charge in [-0.05, 0) is 82.5 Å². The molecular weight excluding hydrogens is 292 g/mol. The predicted molar refractivity (Wildman–Crippen MR) is 105 cm³/mol. The number of hydrogen-bond acceptors (Lipinski definition) is 1. The van der Waals surface area contributed by atoms with Crippen molar-refractivity contribution in [3.63, 3.8) is 0 Å². The maximum Gasteiger partial charge on any atom is 0.0575 e. The lowest BCUT2D eigenvalue weighted by Gasteiger charge is -2.38. The van der Waals surface area contributed by atoms with E-state index in [0.29, 0.717) is 6.10 Å². The fourth-order valence-electron chi connectivity index (χ4n) is 4.97. The topological polar surface area (TPSA) is 9.23 Å². The first-order chi connectivity index (χ1) is 11.8. The van der Waals surface area contributed by atoms with Crippen LogP contribution in [-0.2, 0) is 4.74 Å². The van der Waals surface area contributed by atoms with Crippen LogP contribution >= 0.6 is 0 Å². The molecule has 0 aromatic rings. The number of ether oxygens (including phenoxy) is 1. The first-order valence-corrected chi connectivity index (χ1v) is 11.1. The zero-order chi connectivity index (χ0) is 17.0. The Kier molecular flexibility index (Phi) is 10.1. The molecule has 0 aromatic heterocycles. The molecule has 0 atom stereocenters. The molecular formula is C23H42O. The molecule has 0 spiro atoms. The third-order valence-corrected chi connectivity index (χ3v) is 6.60. The summed E-state index contributed by atoms with van der Waals surface area (Å²) in [5.74, 6) is 3.09. The molecule has 0 aliphatic heterocycles. The van der Waals surface area contributed by atoms with E-state index in [0.717, 1.165) is 24.4 Å². The normalized spacial score (nSPS) is 31.6. The lowest BCUT2D eigenvalue weighted by Crippen LogP contribution is -2.28. The molecule has 0 heterocycles. The maximum atomic E-state index is 6.10. The Bertz CT molecular complexity index is 319. The van der Waals surface area contributed by atoms with Crippen LogP contribution in [0.2, 0.25) is 0 Å². The summed E-state index contributed by atoms with van der Waals surface area (Å²) in [5.41, 5.74) is 0. The SMILES string of the molecule is C/C=C\CCCC1CCC(C2CCC(OCCCCC)CC2)CC1. The summed E-state index contributed by atoms with van der Waals surface area (Å²) in [6, 6.07) is 0. The van der Waals surface area contributed by atoms with Crippen molar-refractivity contribution in [1.29, 1.82) is 0 Å². The Hall–Kier alpha value is -0.300. The van der Waals surface area contributed by atoms with Crippen LogP contribution < -0.4 is 0 Å². The minimum absolute atomic E-state index is 0.584. The molecule has 0 N–H and O–H groups in total. The third-order valence-electron chi connectivity index (χ3n) is 6.60. The van der Waals surface area contributed by atoms with Gasteiger partial charge in [0, 0.05) is 6.61 Å². The van der Waals surface area contributed by atoms with Crippen LogP contribution in [0.15, 0.2) is 12.2 Å². The fraction of sp³-hybridized carbons (Fsp3) is 0.913. The van der Waals surface area contributed by atoms with Gasteiger partial charge < -0.3 is 4.74 Å². The monoisotopic (exact) mass is 334 g/mol.